The van der Waals surface area contributed by atoms with Crippen molar-refractivity contribution in [1.29, 1.82) is 0 Å². The molecule has 0 aliphatic heterocycles. The summed E-state index contributed by atoms with van der Waals surface area (Å²) in [6.07, 6.45) is -1.36. The molecule has 2 atom stereocenters. The fourth-order valence-corrected chi connectivity index (χ4v) is 2.79. The third-order valence-electron chi connectivity index (χ3n) is 3.12. The molecule has 10 heteroatoms. The highest BCUT2D eigenvalue weighted by Gasteiger charge is 2.27. The third-order valence-corrected chi connectivity index (χ3v) is 4.42. The second-order valence-corrected chi connectivity index (χ2v) is 6.27. The number of carboxylic acid groups (broad SMARTS) is 2. The average molecular weight is 385 g/mol. The Morgan fingerprint density at radius 3 is 2.31 bits per heavy atom. The van der Waals surface area contributed by atoms with E-state index in [4.69, 9.17) is 14.9 Å². The summed E-state index contributed by atoms with van der Waals surface area (Å²) in [7, 11) is 1.12. The van der Waals surface area contributed by atoms with Crippen LogP contribution in [0.5, 0.6) is 0 Å². The van der Waals surface area contributed by atoms with Gasteiger partial charge in [0.15, 0.2) is 0 Å². The van der Waals surface area contributed by atoms with Crippen LogP contribution >= 0.6 is 11.8 Å². The Kier molecular flexibility index (Phi) is 8.99. The average Bonchev–Trinajstić information content (AvgIpc) is 2.62. The number of methoxy groups -OCH3 is 1. The van der Waals surface area contributed by atoms with Crippen molar-refractivity contribution >= 4 is 35.8 Å². The van der Waals surface area contributed by atoms with Crippen LogP contribution in [-0.2, 0) is 30.5 Å². The van der Waals surface area contributed by atoms with Crippen molar-refractivity contribution in [1.82, 2.24) is 5.32 Å². The molecule has 0 heterocycles. The lowest BCUT2D eigenvalue weighted by Crippen LogP contribution is -2.43. The molecule has 9 nitrogen and oxygen atoms in total. The van der Waals surface area contributed by atoms with Gasteiger partial charge in [-0.15, -0.1) is 11.8 Å². The molecule has 0 aromatic heterocycles. The van der Waals surface area contributed by atoms with E-state index < -0.39 is 41.7 Å². The molecule has 1 amide bonds. The van der Waals surface area contributed by atoms with Gasteiger partial charge >= 0.3 is 24.0 Å². The number of benzene rings is 1. The van der Waals surface area contributed by atoms with E-state index in [1.807, 2.05) is 0 Å². The smallest absolute Gasteiger partial charge is 0.408 e. The van der Waals surface area contributed by atoms with Crippen molar-refractivity contribution in [3.63, 3.8) is 0 Å². The molecule has 3 N–H and O–H groups in total. The maximum Gasteiger partial charge on any atom is 0.408 e. The summed E-state index contributed by atoms with van der Waals surface area (Å²) in [4.78, 5) is 45.3. The zero-order valence-corrected chi connectivity index (χ0v) is 14.7. The lowest BCUT2D eigenvalue weighted by Gasteiger charge is -2.17. The fourth-order valence-electron chi connectivity index (χ4n) is 1.75. The van der Waals surface area contributed by atoms with Gasteiger partial charge in [-0.3, -0.25) is 9.59 Å². The van der Waals surface area contributed by atoms with Crippen molar-refractivity contribution in [2.75, 3.05) is 12.9 Å². The van der Waals surface area contributed by atoms with Crippen LogP contribution < -0.4 is 5.32 Å². The van der Waals surface area contributed by atoms with Gasteiger partial charge in [0.1, 0.15) is 17.9 Å². The first-order valence-electron chi connectivity index (χ1n) is 7.44. The first kappa shape index (κ1) is 21.3. The SMILES string of the molecule is COC(=O)CC(SC[C@H](NC(=O)OCc1ccccc1)C(=O)O)C(=O)O. The number of hydrogen-bond acceptors (Lipinski definition) is 7. The summed E-state index contributed by atoms with van der Waals surface area (Å²) < 4.78 is 9.33. The largest absolute Gasteiger partial charge is 0.480 e. The van der Waals surface area contributed by atoms with Crippen LogP contribution in [0.1, 0.15) is 12.0 Å². The predicted octanol–water partition coefficient (Wildman–Crippen LogP) is 1.12. The predicted molar refractivity (Wildman–Crippen MR) is 91.7 cm³/mol. The second kappa shape index (κ2) is 11.0. The summed E-state index contributed by atoms with van der Waals surface area (Å²) in [5.41, 5.74) is 0.730. The molecule has 0 saturated carbocycles. The van der Waals surface area contributed by atoms with Crippen LogP contribution in [0.3, 0.4) is 0 Å². The number of ether oxygens (including phenoxy) is 2. The number of amides is 1. The highest BCUT2D eigenvalue weighted by molar-refractivity contribution is 8.00. The zero-order chi connectivity index (χ0) is 19.5. The van der Waals surface area contributed by atoms with Crippen LogP contribution in [0.4, 0.5) is 4.79 Å². The molecule has 1 aromatic carbocycles. The Labute approximate surface area is 153 Å². The van der Waals surface area contributed by atoms with E-state index in [1.165, 1.54) is 0 Å². The van der Waals surface area contributed by atoms with E-state index in [2.05, 4.69) is 10.1 Å². The number of hydrogen-bond donors (Lipinski definition) is 3. The van der Waals surface area contributed by atoms with Gasteiger partial charge in [-0.2, -0.15) is 0 Å². The molecule has 142 valence electrons. The molecule has 0 aliphatic rings. The number of nitrogens with one attached hydrogen (secondary N) is 1. The summed E-state index contributed by atoms with van der Waals surface area (Å²) in [5, 5.41) is 19.2. The van der Waals surface area contributed by atoms with Gasteiger partial charge in [0, 0.05) is 5.75 Å². The Balaban J connectivity index is 2.53. The Morgan fingerprint density at radius 1 is 1.12 bits per heavy atom. The Bertz CT molecular complexity index is 636. The molecular weight excluding hydrogens is 366 g/mol. The minimum atomic E-state index is -1.37. The van der Waals surface area contributed by atoms with E-state index in [-0.39, 0.29) is 12.4 Å². The van der Waals surface area contributed by atoms with E-state index in [9.17, 15) is 19.2 Å². The summed E-state index contributed by atoms with van der Waals surface area (Å²) in [6, 6.07) is 7.43. The number of rotatable bonds is 10. The molecule has 0 saturated heterocycles. The molecule has 0 spiro atoms. The van der Waals surface area contributed by atoms with Gasteiger partial charge in [-0.05, 0) is 5.56 Å². The maximum atomic E-state index is 11.7. The van der Waals surface area contributed by atoms with Gasteiger partial charge in [-0.25, -0.2) is 9.59 Å². The molecule has 1 aromatic rings. The standard InChI is InChI=1S/C16H19NO8S/c1-24-13(18)7-12(15(21)22)26-9-11(14(19)20)17-16(23)25-8-10-5-3-2-4-6-10/h2-6,11-12H,7-9H2,1H3,(H,17,23)(H,19,20)(H,21,22)/t11-,12?/m0/s1. The Hall–Kier alpha value is -2.75. The number of esters is 1. The first-order valence-corrected chi connectivity index (χ1v) is 8.49. The van der Waals surface area contributed by atoms with Crippen LogP contribution in [0.2, 0.25) is 0 Å². The first-order chi connectivity index (χ1) is 12.3. The van der Waals surface area contributed by atoms with Gasteiger partial charge in [0.25, 0.3) is 0 Å². The number of aliphatic carboxylic acids is 2. The highest BCUT2D eigenvalue weighted by atomic mass is 32.2. The van der Waals surface area contributed by atoms with Crippen molar-refractivity contribution in [3.05, 3.63) is 35.9 Å². The lowest BCUT2D eigenvalue weighted by atomic mass is 10.2. The topological polar surface area (TPSA) is 139 Å². The summed E-state index contributed by atoms with van der Waals surface area (Å²) >= 11 is 0.715. The number of carbonyl (C=O) groups excluding carboxylic acids is 2. The van der Waals surface area contributed by atoms with Gasteiger partial charge in [0.2, 0.25) is 0 Å². The van der Waals surface area contributed by atoms with E-state index in [1.54, 1.807) is 30.3 Å². The van der Waals surface area contributed by atoms with Crippen molar-refractivity contribution in [2.24, 2.45) is 0 Å². The minimum absolute atomic E-state index is 0.0355. The molecule has 0 aliphatic carbocycles. The molecule has 1 unspecified atom stereocenters. The second-order valence-electron chi connectivity index (χ2n) is 5.04. The molecule has 26 heavy (non-hydrogen) atoms. The third kappa shape index (κ3) is 7.88. The Morgan fingerprint density at radius 2 is 1.77 bits per heavy atom. The summed E-state index contributed by atoms with van der Waals surface area (Å²) in [6.45, 7) is -0.0355. The van der Waals surface area contributed by atoms with Crippen LogP contribution in [-0.4, -0.2) is 58.4 Å². The number of carboxylic acids is 2. The van der Waals surface area contributed by atoms with Gasteiger partial charge < -0.3 is 25.0 Å². The zero-order valence-electron chi connectivity index (χ0n) is 13.9. The van der Waals surface area contributed by atoms with Crippen molar-refractivity contribution in [3.8, 4) is 0 Å². The van der Waals surface area contributed by atoms with Crippen molar-refractivity contribution in [2.45, 2.75) is 24.3 Å². The lowest BCUT2D eigenvalue weighted by molar-refractivity contribution is -0.145. The van der Waals surface area contributed by atoms with Crippen LogP contribution in [0.15, 0.2) is 30.3 Å². The number of carbonyl (C=O) groups is 4. The number of thioether (sulfide) groups is 1. The molecular formula is C16H19NO8S. The summed E-state index contributed by atoms with van der Waals surface area (Å²) in [5.74, 6) is -3.62. The molecule has 0 radical (unpaired) electrons. The van der Waals surface area contributed by atoms with Crippen molar-refractivity contribution < 1.29 is 38.9 Å². The maximum absolute atomic E-state index is 11.7. The quantitative estimate of drug-likeness (QED) is 0.505. The van der Waals surface area contributed by atoms with Gasteiger partial charge in [-0.1, -0.05) is 30.3 Å². The van der Waals surface area contributed by atoms with E-state index >= 15 is 0 Å². The number of alkyl carbamates (subject to hydrolysis) is 1. The van der Waals surface area contributed by atoms with Crippen LogP contribution in [0.25, 0.3) is 0 Å². The van der Waals surface area contributed by atoms with E-state index in [0.717, 1.165) is 12.7 Å². The normalized spacial score (nSPS) is 12.5. The van der Waals surface area contributed by atoms with E-state index in [0.29, 0.717) is 11.8 Å². The van der Waals surface area contributed by atoms with Gasteiger partial charge in [0.05, 0.1) is 13.5 Å². The fraction of sp³-hybridized carbons (Fsp3) is 0.375. The van der Waals surface area contributed by atoms with Crippen LogP contribution in [0, 0.1) is 0 Å². The molecule has 1 rings (SSSR count). The molecule has 0 bridgehead atoms. The minimum Gasteiger partial charge on any atom is -0.480 e. The molecule has 0 fully saturated rings. The monoisotopic (exact) mass is 385 g/mol. The highest BCUT2D eigenvalue weighted by Crippen LogP contribution is 2.17.